The summed E-state index contributed by atoms with van der Waals surface area (Å²) in [6.07, 6.45) is 3.76. The number of likely N-dealkylation sites (tertiary alicyclic amines) is 1. The average molecular weight is 346 g/mol. The van der Waals surface area contributed by atoms with E-state index >= 15 is 0 Å². The number of rotatable bonds is 3. The second-order valence-electron chi connectivity index (χ2n) is 7.13. The number of amides is 1. The molecular formula is C18H26N4O3. The highest BCUT2D eigenvalue weighted by Gasteiger charge is 2.33. The standard InChI is InChI=1S/C18H26N4O3/c23-16-12-22(13-16)15-2-5-20(6-3-15)17-11-14(1-4-19-17)18(24)21-7-9-25-10-8-21/h1,4,11,15-16,23H,2-3,5-10,12-13H2. The van der Waals surface area contributed by atoms with Crippen molar-refractivity contribution in [2.24, 2.45) is 0 Å². The number of hydrogen-bond acceptors (Lipinski definition) is 6. The molecule has 3 saturated heterocycles. The quantitative estimate of drug-likeness (QED) is 0.843. The molecule has 4 heterocycles. The number of aliphatic hydroxyl groups is 1. The van der Waals surface area contributed by atoms with Gasteiger partial charge in [-0.1, -0.05) is 0 Å². The molecule has 1 aromatic heterocycles. The molecule has 0 spiro atoms. The van der Waals surface area contributed by atoms with Gasteiger partial charge in [0.1, 0.15) is 5.82 Å². The number of β-amino-alcohol motifs (C(OH)–C–C–N with tert-alkyl or cyclic N) is 1. The lowest BCUT2D eigenvalue weighted by atomic mass is 9.98. The van der Waals surface area contributed by atoms with Crippen molar-refractivity contribution in [3.8, 4) is 0 Å². The molecule has 3 fully saturated rings. The average Bonchev–Trinajstić information content (AvgIpc) is 2.66. The molecule has 3 aliphatic heterocycles. The number of pyridine rings is 1. The third kappa shape index (κ3) is 3.63. The van der Waals surface area contributed by atoms with E-state index in [9.17, 15) is 9.90 Å². The van der Waals surface area contributed by atoms with Gasteiger partial charge in [-0.2, -0.15) is 0 Å². The number of anilines is 1. The number of ether oxygens (including phenoxy) is 1. The van der Waals surface area contributed by atoms with Gasteiger partial charge < -0.3 is 19.6 Å². The molecule has 3 aliphatic rings. The van der Waals surface area contributed by atoms with Crippen LogP contribution >= 0.6 is 0 Å². The summed E-state index contributed by atoms with van der Waals surface area (Å²) >= 11 is 0. The zero-order valence-electron chi connectivity index (χ0n) is 14.5. The van der Waals surface area contributed by atoms with Gasteiger partial charge in [0.05, 0.1) is 19.3 Å². The molecule has 0 radical (unpaired) electrons. The Morgan fingerprint density at radius 1 is 1.16 bits per heavy atom. The Bertz CT molecular complexity index is 606. The molecule has 0 aliphatic carbocycles. The Hall–Kier alpha value is -1.70. The van der Waals surface area contributed by atoms with Crippen molar-refractivity contribution < 1.29 is 14.6 Å². The summed E-state index contributed by atoms with van der Waals surface area (Å²) in [5, 5.41) is 9.46. The Labute approximate surface area is 148 Å². The summed E-state index contributed by atoms with van der Waals surface area (Å²) in [7, 11) is 0. The first kappa shape index (κ1) is 16.8. The number of aliphatic hydroxyl groups excluding tert-OH is 1. The fourth-order valence-electron chi connectivity index (χ4n) is 3.92. The van der Waals surface area contributed by atoms with E-state index < -0.39 is 0 Å². The lowest BCUT2D eigenvalue weighted by Crippen LogP contribution is -2.57. The molecule has 0 atom stereocenters. The lowest BCUT2D eigenvalue weighted by Gasteiger charge is -2.45. The zero-order valence-corrected chi connectivity index (χ0v) is 14.5. The third-order valence-corrected chi connectivity index (χ3v) is 5.49. The van der Waals surface area contributed by atoms with Gasteiger partial charge >= 0.3 is 0 Å². The van der Waals surface area contributed by atoms with E-state index in [1.54, 1.807) is 12.3 Å². The van der Waals surface area contributed by atoms with Gasteiger partial charge in [0, 0.05) is 57.1 Å². The van der Waals surface area contributed by atoms with E-state index in [2.05, 4.69) is 14.8 Å². The lowest BCUT2D eigenvalue weighted by molar-refractivity contribution is -0.0301. The molecule has 4 rings (SSSR count). The first-order valence-electron chi connectivity index (χ1n) is 9.21. The highest BCUT2D eigenvalue weighted by atomic mass is 16.5. The molecule has 0 unspecified atom stereocenters. The van der Waals surface area contributed by atoms with Crippen LogP contribution in [0, 0.1) is 0 Å². The molecule has 0 bridgehead atoms. The SMILES string of the molecule is O=C(c1ccnc(N2CCC(N3CC(O)C3)CC2)c1)N1CCOCC1. The predicted octanol–water partition coefficient (Wildman–Crippen LogP) is 0.199. The van der Waals surface area contributed by atoms with E-state index in [0.29, 0.717) is 37.9 Å². The van der Waals surface area contributed by atoms with E-state index in [4.69, 9.17) is 4.74 Å². The first-order chi connectivity index (χ1) is 12.2. The largest absolute Gasteiger partial charge is 0.390 e. The van der Waals surface area contributed by atoms with Crippen LogP contribution in [-0.2, 0) is 4.74 Å². The maximum atomic E-state index is 12.6. The molecule has 7 nitrogen and oxygen atoms in total. The maximum absolute atomic E-state index is 12.6. The number of morpholine rings is 1. The predicted molar refractivity (Wildman–Crippen MR) is 93.8 cm³/mol. The number of nitrogens with zero attached hydrogens (tertiary/aromatic N) is 4. The molecular weight excluding hydrogens is 320 g/mol. The van der Waals surface area contributed by atoms with E-state index in [0.717, 1.165) is 44.8 Å². The summed E-state index contributed by atoms with van der Waals surface area (Å²) in [5.74, 6) is 0.956. The summed E-state index contributed by atoms with van der Waals surface area (Å²) in [6, 6.07) is 4.29. The smallest absolute Gasteiger partial charge is 0.254 e. The molecule has 1 N–H and O–H groups in total. The molecule has 1 aromatic rings. The molecule has 7 heteroatoms. The third-order valence-electron chi connectivity index (χ3n) is 5.49. The van der Waals surface area contributed by atoms with Crippen molar-refractivity contribution in [2.45, 2.75) is 25.0 Å². The van der Waals surface area contributed by atoms with Crippen molar-refractivity contribution in [1.82, 2.24) is 14.8 Å². The van der Waals surface area contributed by atoms with Gasteiger partial charge in [-0.15, -0.1) is 0 Å². The maximum Gasteiger partial charge on any atom is 0.254 e. The van der Waals surface area contributed by atoms with Crippen LogP contribution in [0.3, 0.4) is 0 Å². The molecule has 0 saturated carbocycles. The molecule has 25 heavy (non-hydrogen) atoms. The summed E-state index contributed by atoms with van der Waals surface area (Å²) < 4.78 is 5.32. The van der Waals surface area contributed by atoms with Gasteiger partial charge in [0.15, 0.2) is 0 Å². The Balaban J connectivity index is 1.37. The van der Waals surface area contributed by atoms with Crippen molar-refractivity contribution in [3.05, 3.63) is 23.9 Å². The second kappa shape index (κ2) is 7.27. The Morgan fingerprint density at radius 3 is 2.56 bits per heavy atom. The van der Waals surface area contributed by atoms with E-state index in [-0.39, 0.29) is 12.0 Å². The van der Waals surface area contributed by atoms with Gasteiger partial charge in [-0.05, 0) is 25.0 Å². The Morgan fingerprint density at radius 2 is 1.88 bits per heavy atom. The molecule has 136 valence electrons. The van der Waals surface area contributed by atoms with Crippen molar-refractivity contribution in [1.29, 1.82) is 0 Å². The number of piperidine rings is 1. The van der Waals surface area contributed by atoms with E-state index in [1.165, 1.54) is 0 Å². The van der Waals surface area contributed by atoms with Crippen LogP contribution < -0.4 is 4.90 Å². The highest BCUT2D eigenvalue weighted by Crippen LogP contribution is 2.25. The normalized spacial score (nSPS) is 23.6. The van der Waals surface area contributed by atoms with Gasteiger partial charge in [-0.25, -0.2) is 4.98 Å². The number of carbonyl (C=O) groups excluding carboxylic acids is 1. The van der Waals surface area contributed by atoms with Crippen molar-refractivity contribution >= 4 is 11.7 Å². The van der Waals surface area contributed by atoms with Crippen molar-refractivity contribution in [2.75, 3.05) is 57.4 Å². The number of aromatic nitrogens is 1. The van der Waals surface area contributed by atoms with Gasteiger partial charge in [0.25, 0.3) is 5.91 Å². The van der Waals surface area contributed by atoms with Crippen LogP contribution in [0.4, 0.5) is 5.82 Å². The summed E-state index contributed by atoms with van der Waals surface area (Å²) in [4.78, 5) is 23.6. The first-order valence-corrected chi connectivity index (χ1v) is 9.21. The van der Waals surface area contributed by atoms with Crippen LogP contribution in [0.1, 0.15) is 23.2 Å². The van der Waals surface area contributed by atoms with Crippen LogP contribution in [0.15, 0.2) is 18.3 Å². The van der Waals surface area contributed by atoms with Crippen LogP contribution in [0.5, 0.6) is 0 Å². The topological polar surface area (TPSA) is 69.1 Å². The summed E-state index contributed by atoms with van der Waals surface area (Å²) in [6.45, 7) is 6.05. The van der Waals surface area contributed by atoms with Crippen LogP contribution in [0.2, 0.25) is 0 Å². The number of carbonyl (C=O) groups is 1. The van der Waals surface area contributed by atoms with Gasteiger partial charge in [0.2, 0.25) is 0 Å². The fraction of sp³-hybridized carbons (Fsp3) is 0.667. The second-order valence-corrected chi connectivity index (χ2v) is 7.13. The number of hydrogen-bond donors (Lipinski definition) is 1. The monoisotopic (exact) mass is 346 g/mol. The fourth-order valence-corrected chi connectivity index (χ4v) is 3.92. The van der Waals surface area contributed by atoms with Crippen LogP contribution in [0.25, 0.3) is 0 Å². The minimum Gasteiger partial charge on any atom is -0.390 e. The highest BCUT2D eigenvalue weighted by molar-refractivity contribution is 5.94. The van der Waals surface area contributed by atoms with Crippen LogP contribution in [-0.4, -0.2) is 90.4 Å². The molecule has 0 aromatic carbocycles. The zero-order chi connectivity index (χ0) is 17.2. The van der Waals surface area contributed by atoms with E-state index in [1.807, 2.05) is 11.0 Å². The minimum atomic E-state index is -0.137. The Kier molecular flexibility index (Phi) is 4.87. The summed E-state index contributed by atoms with van der Waals surface area (Å²) in [5.41, 5.74) is 0.708. The van der Waals surface area contributed by atoms with Gasteiger partial charge in [-0.3, -0.25) is 9.69 Å². The minimum absolute atomic E-state index is 0.0661. The molecule has 1 amide bonds. The van der Waals surface area contributed by atoms with Crippen molar-refractivity contribution in [3.63, 3.8) is 0 Å².